The van der Waals surface area contributed by atoms with Crippen molar-refractivity contribution in [3.63, 3.8) is 0 Å². The second kappa shape index (κ2) is 6.30. The Bertz CT molecular complexity index is 538. The molecule has 0 aliphatic carbocycles. The fraction of sp³-hybridized carbons (Fsp3) is 0.364. The molecule has 0 aromatic carbocycles. The van der Waals surface area contributed by atoms with Gasteiger partial charge < -0.3 is 10.0 Å². The van der Waals surface area contributed by atoms with E-state index in [1.165, 1.54) is 17.2 Å². The molecule has 1 N–H and O–H groups in total. The van der Waals surface area contributed by atoms with Gasteiger partial charge in [-0.05, 0) is 12.5 Å². The molecular weight excluding hydrogens is 252 g/mol. The lowest BCUT2D eigenvalue weighted by Gasteiger charge is -2.17. The first-order chi connectivity index (χ1) is 8.97. The predicted molar refractivity (Wildman–Crippen MR) is 65.7 cm³/mol. The first-order valence-corrected chi connectivity index (χ1v) is 5.43. The van der Waals surface area contributed by atoms with Crippen LogP contribution in [0.2, 0.25) is 0 Å². The van der Waals surface area contributed by atoms with Gasteiger partial charge in [-0.15, -0.1) is 0 Å². The highest BCUT2D eigenvalue weighted by molar-refractivity contribution is 5.67. The van der Waals surface area contributed by atoms with E-state index in [9.17, 15) is 14.9 Å². The third-order valence-electron chi connectivity index (χ3n) is 2.45. The number of carboxylic acids is 1. The fourth-order valence-corrected chi connectivity index (χ4v) is 1.57. The summed E-state index contributed by atoms with van der Waals surface area (Å²) >= 11 is 0. The minimum Gasteiger partial charge on any atom is -0.481 e. The molecule has 1 rings (SSSR count). The number of aromatic nitrogens is 1. The van der Waals surface area contributed by atoms with Crippen LogP contribution in [0.5, 0.6) is 0 Å². The summed E-state index contributed by atoms with van der Waals surface area (Å²) < 4.78 is 0. The minimum absolute atomic E-state index is 0.0317. The van der Waals surface area contributed by atoms with E-state index in [4.69, 9.17) is 10.4 Å². The summed E-state index contributed by atoms with van der Waals surface area (Å²) in [6.07, 6.45) is 1.62. The number of pyridine rings is 1. The molecule has 0 atom stereocenters. The number of nitriles is 1. The fourth-order valence-electron chi connectivity index (χ4n) is 1.57. The molecule has 0 spiro atoms. The van der Waals surface area contributed by atoms with Gasteiger partial charge in [0.15, 0.2) is 0 Å². The highest BCUT2D eigenvalue weighted by atomic mass is 16.6. The lowest BCUT2D eigenvalue weighted by molar-refractivity contribution is -0.384. The molecule has 0 saturated carbocycles. The van der Waals surface area contributed by atoms with Crippen LogP contribution in [0.15, 0.2) is 12.3 Å². The van der Waals surface area contributed by atoms with Crippen LogP contribution >= 0.6 is 0 Å². The third-order valence-corrected chi connectivity index (χ3v) is 2.45. The van der Waals surface area contributed by atoms with Crippen molar-refractivity contribution in [3.8, 4) is 6.07 Å². The Hall–Kier alpha value is -2.69. The smallest absolute Gasteiger partial charge is 0.329 e. The quantitative estimate of drug-likeness (QED) is 0.604. The average molecular weight is 264 g/mol. The van der Waals surface area contributed by atoms with Crippen LogP contribution in [-0.4, -0.2) is 34.6 Å². The predicted octanol–water partition coefficient (Wildman–Crippen LogP) is 1.16. The van der Waals surface area contributed by atoms with Crippen LogP contribution in [-0.2, 0) is 4.79 Å². The third kappa shape index (κ3) is 3.64. The SMILES string of the molecule is CN(CCCC(=O)O)c1nccc(C#N)c1[N+](=O)[O-]. The van der Waals surface area contributed by atoms with Crippen LogP contribution < -0.4 is 4.90 Å². The Morgan fingerprint density at radius 2 is 2.37 bits per heavy atom. The Balaban J connectivity index is 2.96. The van der Waals surface area contributed by atoms with E-state index < -0.39 is 10.9 Å². The molecule has 0 unspecified atom stereocenters. The lowest BCUT2D eigenvalue weighted by Crippen LogP contribution is -2.22. The number of anilines is 1. The van der Waals surface area contributed by atoms with Gasteiger partial charge in [0.25, 0.3) is 0 Å². The zero-order chi connectivity index (χ0) is 14.4. The summed E-state index contributed by atoms with van der Waals surface area (Å²) in [5.74, 6) is -0.865. The van der Waals surface area contributed by atoms with Crippen molar-refractivity contribution in [2.24, 2.45) is 0 Å². The van der Waals surface area contributed by atoms with Crippen LogP contribution in [0.25, 0.3) is 0 Å². The van der Waals surface area contributed by atoms with Crippen LogP contribution in [0.3, 0.4) is 0 Å². The molecule has 19 heavy (non-hydrogen) atoms. The van der Waals surface area contributed by atoms with E-state index >= 15 is 0 Å². The summed E-state index contributed by atoms with van der Waals surface area (Å²) in [5, 5.41) is 28.4. The number of carbonyl (C=O) groups is 1. The minimum atomic E-state index is -0.929. The Morgan fingerprint density at radius 3 is 2.89 bits per heavy atom. The highest BCUT2D eigenvalue weighted by Gasteiger charge is 2.23. The number of hydrogen-bond donors (Lipinski definition) is 1. The summed E-state index contributed by atoms with van der Waals surface area (Å²) in [5.41, 5.74) is -0.428. The van der Waals surface area contributed by atoms with Gasteiger partial charge in [0.1, 0.15) is 11.6 Å². The van der Waals surface area contributed by atoms with Gasteiger partial charge in [-0.25, -0.2) is 4.98 Å². The second-order valence-corrected chi connectivity index (χ2v) is 3.82. The van der Waals surface area contributed by atoms with Gasteiger partial charge in [-0.3, -0.25) is 14.9 Å². The molecule has 1 heterocycles. The molecule has 100 valence electrons. The molecule has 0 amide bonds. The zero-order valence-electron chi connectivity index (χ0n) is 10.2. The molecule has 0 radical (unpaired) electrons. The van der Waals surface area contributed by atoms with Gasteiger partial charge in [0.2, 0.25) is 5.82 Å². The number of nitrogens with zero attached hydrogens (tertiary/aromatic N) is 4. The number of nitro groups is 1. The molecule has 8 nitrogen and oxygen atoms in total. The van der Waals surface area contributed by atoms with Crippen molar-refractivity contribution in [1.82, 2.24) is 4.98 Å². The van der Waals surface area contributed by atoms with Crippen LogP contribution in [0.4, 0.5) is 11.5 Å². The Kier molecular flexibility index (Phi) is 4.76. The number of carboxylic acid groups (broad SMARTS) is 1. The summed E-state index contributed by atoms with van der Waals surface area (Å²) in [6.45, 7) is 0.301. The maximum atomic E-state index is 11.0. The Labute approximate surface area is 109 Å². The highest BCUT2D eigenvalue weighted by Crippen LogP contribution is 2.28. The summed E-state index contributed by atoms with van der Waals surface area (Å²) in [7, 11) is 1.57. The monoisotopic (exact) mass is 264 g/mol. The molecular formula is C11H12N4O4. The van der Waals surface area contributed by atoms with E-state index in [0.717, 1.165) is 0 Å². The normalized spacial score (nSPS) is 9.68. The molecule has 0 fully saturated rings. The summed E-state index contributed by atoms with van der Waals surface area (Å²) in [4.78, 5) is 26.1. The van der Waals surface area contributed by atoms with Crippen LogP contribution in [0, 0.1) is 21.4 Å². The average Bonchev–Trinajstić information content (AvgIpc) is 2.36. The van der Waals surface area contributed by atoms with E-state index in [1.54, 1.807) is 13.1 Å². The molecule has 1 aromatic heterocycles. The summed E-state index contributed by atoms with van der Waals surface area (Å²) in [6, 6.07) is 3.01. The van der Waals surface area contributed by atoms with E-state index in [2.05, 4.69) is 4.98 Å². The van der Waals surface area contributed by atoms with E-state index in [0.29, 0.717) is 13.0 Å². The van der Waals surface area contributed by atoms with Gasteiger partial charge >= 0.3 is 11.7 Å². The largest absolute Gasteiger partial charge is 0.481 e. The lowest BCUT2D eigenvalue weighted by atomic mass is 10.2. The van der Waals surface area contributed by atoms with Gasteiger partial charge in [-0.2, -0.15) is 5.26 Å². The maximum absolute atomic E-state index is 11.0. The second-order valence-electron chi connectivity index (χ2n) is 3.82. The first-order valence-electron chi connectivity index (χ1n) is 5.43. The Morgan fingerprint density at radius 1 is 1.68 bits per heavy atom. The first kappa shape index (κ1) is 14.4. The van der Waals surface area contributed by atoms with Gasteiger partial charge in [0, 0.05) is 26.2 Å². The van der Waals surface area contributed by atoms with Crippen molar-refractivity contribution < 1.29 is 14.8 Å². The molecule has 1 aromatic rings. The molecule has 0 saturated heterocycles. The number of aliphatic carboxylic acids is 1. The molecule has 0 bridgehead atoms. The maximum Gasteiger partial charge on any atom is 0.329 e. The van der Waals surface area contributed by atoms with Gasteiger partial charge in [0.05, 0.1) is 4.92 Å². The standard InChI is InChI=1S/C11H12N4O4/c1-14(6-2-3-9(16)17)11-10(15(18)19)8(7-12)4-5-13-11/h4-5H,2-3,6H2,1H3,(H,16,17). The topological polar surface area (TPSA) is 120 Å². The van der Waals surface area contributed by atoms with Gasteiger partial charge in [-0.1, -0.05) is 0 Å². The van der Waals surface area contributed by atoms with E-state index in [-0.39, 0.29) is 23.5 Å². The van der Waals surface area contributed by atoms with Crippen molar-refractivity contribution >= 4 is 17.5 Å². The number of hydrogen-bond acceptors (Lipinski definition) is 6. The molecule has 0 aliphatic heterocycles. The number of rotatable bonds is 6. The van der Waals surface area contributed by atoms with Crippen molar-refractivity contribution in [2.45, 2.75) is 12.8 Å². The molecule has 8 heteroatoms. The zero-order valence-corrected chi connectivity index (χ0v) is 10.2. The molecule has 0 aliphatic rings. The van der Waals surface area contributed by atoms with Crippen molar-refractivity contribution in [2.75, 3.05) is 18.5 Å². The van der Waals surface area contributed by atoms with Crippen molar-refractivity contribution in [3.05, 3.63) is 27.9 Å². The van der Waals surface area contributed by atoms with Crippen LogP contribution in [0.1, 0.15) is 18.4 Å². The van der Waals surface area contributed by atoms with Crippen molar-refractivity contribution in [1.29, 1.82) is 5.26 Å². The van der Waals surface area contributed by atoms with E-state index in [1.807, 2.05) is 0 Å².